The van der Waals surface area contributed by atoms with Crippen LogP contribution in [0.5, 0.6) is 0 Å². The van der Waals surface area contributed by atoms with Gasteiger partial charge in [-0.2, -0.15) is 0 Å². The molecule has 2 aromatic rings. The Morgan fingerprint density at radius 2 is 2.05 bits per heavy atom. The molecule has 1 unspecified atom stereocenters. The molecule has 0 aliphatic carbocycles. The second kappa shape index (κ2) is 5.31. The van der Waals surface area contributed by atoms with Crippen molar-refractivity contribution in [3.63, 3.8) is 0 Å². The van der Waals surface area contributed by atoms with Gasteiger partial charge in [0.1, 0.15) is 17.2 Å². The Kier molecular flexibility index (Phi) is 3.92. The number of furan rings is 1. The van der Waals surface area contributed by atoms with Crippen molar-refractivity contribution >= 4 is 11.0 Å². The Bertz CT molecular complexity index is 557. The van der Waals surface area contributed by atoms with Gasteiger partial charge in [0.05, 0.1) is 18.2 Å². The van der Waals surface area contributed by atoms with Crippen LogP contribution in [0.25, 0.3) is 11.0 Å². The lowest BCUT2D eigenvalue weighted by Gasteiger charge is -2.23. The van der Waals surface area contributed by atoms with Crippen molar-refractivity contribution in [1.82, 2.24) is 5.32 Å². The monoisotopic (exact) mass is 265 g/mol. The van der Waals surface area contributed by atoms with Gasteiger partial charge < -0.3 is 14.5 Å². The lowest BCUT2D eigenvalue weighted by Crippen LogP contribution is -2.28. The van der Waals surface area contributed by atoms with Gasteiger partial charge in [-0.05, 0) is 52.1 Å². The van der Waals surface area contributed by atoms with Crippen molar-refractivity contribution < 1.29 is 13.5 Å². The molecule has 0 saturated heterocycles. The van der Waals surface area contributed by atoms with Crippen molar-refractivity contribution in [2.75, 3.05) is 13.7 Å². The maximum absolute atomic E-state index is 13.2. The number of rotatable bonds is 4. The van der Waals surface area contributed by atoms with Crippen LogP contribution in [0.3, 0.4) is 0 Å². The Balaban J connectivity index is 2.20. The third kappa shape index (κ3) is 3.55. The lowest BCUT2D eigenvalue weighted by atomic mass is 10.1. The normalized spacial score (nSPS) is 13.9. The van der Waals surface area contributed by atoms with Crippen LogP contribution in [0.1, 0.15) is 32.6 Å². The van der Waals surface area contributed by atoms with Gasteiger partial charge in [-0.25, -0.2) is 4.39 Å². The van der Waals surface area contributed by atoms with Crippen LogP contribution in [0, 0.1) is 5.82 Å². The average Bonchev–Trinajstić information content (AvgIpc) is 2.71. The largest absolute Gasteiger partial charge is 0.459 e. The fraction of sp³-hybridized carbons (Fsp3) is 0.467. The van der Waals surface area contributed by atoms with Gasteiger partial charge in [0.2, 0.25) is 0 Å². The van der Waals surface area contributed by atoms with Crippen LogP contribution in [-0.2, 0) is 4.74 Å². The first-order valence-electron chi connectivity index (χ1n) is 6.39. The first-order valence-corrected chi connectivity index (χ1v) is 6.39. The molecule has 0 amide bonds. The predicted octanol–water partition coefficient (Wildman–Crippen LogP) is 3.65. The van der Waals surface area contributed by atoms with Gasteiger partial charge in [-0.1, -0.05) is 0 Å². The summed E-state index contributed by atoms with van der Waals surface area (Å²) in [5, 5.41) is 3.92. The first kappa shape index (κ1) is 14.0. The molecule has 0 spiro atoms. The summed E-state index contributed by atoms with van der Waals surface area (Å²) in [6.45, 7) is 6.53. The number of hydrogen-bond donors (Lipinski definition) is 1. The minimum absolute atomic E-state index is 0.0466. The molecule has 19 heavy (non-hydrogen) atoms. The number of hydrogen-bond acceptors (Lipinski definition) is 3. The van der Waals surface area contributed by atoms with Crippen molar-refractivity contribution in [3.8, 4) is 0 Å². The zero-order valence-corrected chi connectivity index (χ0v) is 11.8. The Hall–Kier alpha value is -1.39. The van der Waals surface area contributed by atoms with E-state index in [2.05, 4.69) is 5.32 Å². The van der Waals surface area contributed by atoms with E-state index in [9.17, 15) is 4.39 Å². The van der Waals surface area contributed by atoms with E-state index >= 15 is 0 Å². The van der Waals surface area contributed by atoms with Crippen LogP contribution < -0.4 is 5.32 Å². The quantitative estimate of drug-likeness (QED) is 0.916. The minimum Gasteiger partial charge on any atom is -0.459 e. The Morgan fingerprint density at radius 1 is 1.32 bits per heavy atom. The molecule has 4 heteroatoms. The molecule has 1 atom stereocenters. The number of nitrogens with one attached hydrogen (secondary N) is 1. The van der Waals surface area contributed by atoms with E-state index in [0.717, 1.165) is 11.1 Å². The lowest BCUT2D eigenvalue weighted by molar-refractivity contribution is -0.0161. The second-order valence-electron chi connectivity index (χ2n) is 5.60. The highest BCUT2D eigenvalue weighted by atomic mass is 19.1. The standard InChI is InChI=1S/C15H20FNO2/c1-15(2,3)18-9-12(17-4)14-8-10-7-11(16)5-6-13(10)19-14/h5-8,12,17H,9H2,1-4H3. The number of halogens is 1. The van der Waals surface area contributed by atoms with Gasteiger partial charge in [0.25, 0.3) is 0 Å². The van der Waals surface area contributed by atoms with Crippen LogP contribution in [0.4, 0.5) is 4.39 Å². The van der Waals surface area contributed by atoms with Crippen molar-refractivity contribution in [2.24, 2.45) is 0 Å². The van der Waals surface area contributed by atoms with Gasteiger partial charge in [-0.15, -0.1) is 0 Å². The van der Waals surface area contributed by atoms with Crippen LogP contribution in [-0.4, -0.2) is 19.3 Å². The molecule has 0 bridgehead atoms. The van der Waals surface area contributed by atoms with E-state index in [-0.39, 0.29) is 17.5 Å². The highest BCUT2D eigenvalue weighted by molar-refractivity contribution is 5.78. The van der Waals surface area contributed by atoms with Crippen LogP contribution in [0.15, 0.2) is 28.7 Å². The fourth-order valence-electron chi connectivity index (χ4n) is 1.85. The zero-order valence-electron chi connectivity index (χ0n) is 11.8. The third-order valence-corrected chi connectivity index (χ3v) is 2.87. The zero-order chi connectivity index (χ0) is 14.0. The van der Waals surface area contributed by atoms with E-state index in [1.165, 1.54) is 12.1 Å². The van der Waals surface area contributed by atoms with Gasteiger partial charge >= 0.3 is 0 Å². The third-order valence-electron chi connectivity index (χ3n) is 2.87. The van der Waals surface area contributed by atoms with E-state index < -0.39 is 0 Å². The highest BCUT2D eigenvalue weighted by Gasteiger charge is 2.19. The molecule has 1 aromatic carbocycles. The summed E-state index contributed by atoms with van der Waals surface area (Å²) in [4.78, 5) is 0. The number of benzene rings is 1. The number of ether oxygens (including phenoxy) is 1. The average molecular weight is 265 g/mol. The molecule has 2 rings (SSSR count). The fourth-order valence-corrected chi connectivity index (χ4v) is 1.85. The topological polar surface area (TPSA) is 34.4 Å². The van der Waals surface area contributed by atoms with Crippen molar-refractivity contribution in [1.29, 1.82) is 0 Å². The molecule has 0 saturated carbocycles. The molecule has 104 valence electrons. The van der Waals surface area contributed by atoms with Crippen molar-refractivity contribution in [3.05, 3.63) is 35.8 Å². The van der Waals surface area contributed by atoms with E-state index in [1.54, 1.807) is 6.07 Å². The van der Waals surface area contributed by atoms with E-state index in [0.29, 0.717) is 12.2 Å². The summed E-state index contributed by atoms with van der Waals surface area (Å²) in [5.74, 6) is 0.499. The molecule has 0 aliphatic rings. The second-order valence-corrected chi connectivity index (χ2v) is 5.60. The molecular formula is C15H20FNO2. The molecule has 0 radical (unpaired) electrons. The van der Waals surface area contributed by atoms with Gasteiger partial charge in [0, 0.05) is 5.39 Å². The SMILES string of the molecule is CNC(COC(C)(C)C)c1cc2cc(F)ccc2o1. The van der Waals surface area contributed by atoms with Crippen molar-refractivity contribution in [2.45, 2.75) is 32.4 Å². The molecule has 1 aromatic heterocycles. The molecule has 1 heterocycles. The summed E-state index contributed by atoms with van der Waals surface area (Å²) in [5.41, 5.74) is 0.486. The van der Waals surface area contributed by atoms with Crippen LogP contribution in [0.2, 0.25) is 0 Å². The van der Waals surface area contributed by atoms with Gasteiger partial charge in [-0.3, -0.25) is 0 Å². The maximum Gasteiger partial charge on any atom is 0.134 e. The summed E-state index contributed by atoms with van der Waals surface area (Å²) >= 11 is 0. The minimum atomic E-state index is -0.258. The summed E-state index contributed by atoms with van der Waals surface area (Å²) < 4.78 is 24.6. The first-order chi connectivity index (χ1) is 8.89. The summed E-state index contributed by atoms with van der Waals surface area (Å²) in [6, 6.07) is 6.32. The molecule has 1 N–H and O–H groups in total. The maximum atomic E-state index is 13.2. The summed E-state index contributed by atoms with van der Waals surface area (Å²) in [6.07, 6.45) is 0. The molecule has 0 fully saturated rings. The molecular weight excluding hydrogens is 245 g/mol. The van der Waals surface area contributed by atoms with E-state index in [1.807, 2.05) is 33.9 Å². The summed E-state index contributed by atoms with van der Waals surface area (Å²) in [7, 11) is 1.85. The van der Waals surface area contributed by atoms with Gasteiger partial charge in [0.15, 0.2) is 0 Å². The smallest absolute Gasteiger partial charge is 0.134 e. The van der Waals surface area contributed by atoms with Crippen LogP contribution >= 0.6 is 0 Å². The Morgan fingerprint density at radius 3 is 2.68 bits per heavy atom. The highest BCUT2D eigenvalue weighted by Crippen LogP contribution is 2.25. The molecule has 0 aliphatic heterocycles. The predicted molar refractivity (Wildman–Crippen MR) is 73.7 cm³/mol. The Labute approximate surface area is 112 Å². The number of likely N-dealkylation sites (N-methyl/N-ethyl adjacent to an activating group) is 1. The van der Waals surface area contributed by atoms with E-state index in [4.69, 9.17) is 9.15 Å². The number of fused-ring (bicyclic) bond motifs is 1. The molecule has 3 nitrogen and oxygen atoms in total.